The molecular formula is C22H26N3O. The summed E-state index contributed by atoms with van der Waals surface area (Å²) in [5, 5.41) is 7.47. The molecule has 2 aromatic carbocycles. The third-order valence-corrected chi connectivity index (χ3v) is 4.17. The first kappa shape index (κ1) is 18.3. The Hall–Kier alpha value is -2.46. The molecule has 0 spiro atoms. The molecule has 135 valence electrons. The topological polar surface area (TPSA) is 51.0 Å². The lowest BCUT2D eigenvalue weighted by atomic mass is 10.0. The third-order valence-electron chi connectivity index (χ3n) is 4.17. The van der Waals surface area contributed by atoms with Crippen LogP contribution in [0.4, 0.5) is 0 Å². The molecule has 1 aromatic heterocycles. The number of hydrogen-bond donors (Lipinski definition) is 1. The van der Waals surface area contributed by atoms with Gasteiger partial charge in [0, 0.05) is 17.7 Å². The Morgan fingerprint density at radius 2 is 1.62 bits per heavy atom. The fourth-order valence-electron chi connectivity index (χ4n) is 2.84. The second kappa shape index (κ2) is 8.77. The molecule has 0 aliphatic carbocycles. The van der Waals surface area contributed by atoms with Gasteiger partial charge in [-0.15, -0.1) is 0 Å². The second-order valence-electron chi connectivity index (χ2n) is 6.95. The summed E-state index contributed by atoms with van der Waals surface area (Å²) in [7, 11) is 0. The van der Waals surface area contributed by atoms with E-state index in [4.69, 9.17) is 4.52 Å². The van der Waals surface area contributed by atoms with E-state index in [1.807, 2.05) is 24.3 Å². The van der Waals surface area contributed by atoms with Gasteiger partial charge in [-0.2, -0.15) is 4.98 Å². The van der Waals surface area contributed by atoms with Crippen molar-refractivity contribution < 1.29 is 4.52 Å². The van der Waals surface area contributed by atoms with Gasteiger partial charge in [0.15, 0.2) is 0 Å². The van der Waals surface area contributed by atoms with Crippen molar-refractivity contribution in [1.29, 1.82) is 0 Å². The summed E-state index contributed by atoms with van der Waals surface area (Å²) < 4.78 is 5.46. The summed E-state index contributed by atoms with van der Waals surface area (Å²) in [4.78, 5) is 4.54. The van der Waals surface area contributed by atoms with Gasteiger partial charge < -0.3 is 9.84 Å². The van der Waals surface area contributed by atoms with Gasteiger partial charge in [-0.05, 0) is 48.6 Å². The van der Waals surface area contributed by atoms with Crippen molar-refractivity contribution in [2.24, 2.45) is 5.92 Å². The van der Waals surface area contributed by atoms with E-state index in [1.54, 1.807) is 0 Å². The van der Waals surface area contributed by atoms with E-state index in [0.29, 0.717) is 17.6 Å². The van der Waals surface area contributed by atoms with Crippen LogP contribution in [0.15, 0.2) is 53.1 Å². The summed E-state index contributed by atoms with van der Waals surface area (Å²) in [5.41, 5.74) is 4.46. The minimum absolute atomic E-state index is 0.553. The molecule has 0 amide bonds. The first-order valence-corrected chi connectivity index (χ1v) is 9.18. The molecule has 0 unspecified atom stereocenters. The summed E-state index contributed by atoms with van der Waals surface area (Å²) in [5.74, 6) is 1.81. The van der Waals surface area contributed by atoms with E-state index in [2.05, 4.69) is 60.5 Å². The second-order valence-corrected chi connectivity index (χ2v) is 6.95. The third kappa shape index (κ3) is 4.79. The smallest absolute Gasteiger partial charge is 0.258 e. The van der Waals surface area contributed by atoms with Crippen LogP contribution in [0.1, 0.15) is 31.4 Å². The molecule has 0 aliphatic rings. The number of nitrogens with zero attached hydrogens (tertiary/aromatic N) is 2. The number of rotatable bonds is 8. The van der Waals surface area contributed by atoms with Crippen molar-refractivity contribution in [3.05, 3.63) is 66.6 Å². The molecule has 0 aliphatic heterocycles. The molecule has 1 heterocycles. The molecule has 26 heavy (non-hydrogen) atoms. The standard InChI is InChI=1S/C22H26N3O/c1-4-13-23-15-18-7-9-19(10-8-18)21-24-22(26-25-21)20-11-5-17(6-12-20)14-16(2)3/h5-12,16,23H,1,4,13-15H2,2-3H3. The first-order valence-electron chi connectivity index (χ1n) is 9.18. The largest absolute Gasteiger partial charge is 0.334 e. The number of nitrogens with one attached hydrogen (secondary N) is 1. The Balaban J connectivity index is 1.69. The minimum Gasteiger partial charge on any atom is -0.334 e. The van der Waals surface area contributed by atoms with Crippen LogP contribution in [-0.2, 0) is 13.0 Å². The molecule has 1 N–H and O–H groups in total. The summed E-state index contributed by atoms with van der Waals surface area (Å²) in [6.07, 6.45) is 1.97. The molecule has 4 nitrogen and oxygen atoms in total. The maximum Gasteiger partial charge on any atom is 0.258 e. The highest BCUT2D eigenvalue weighted by Crippen LogP contribution is 2.23. The zero-order chi connectivity index (χ0) is 18.4. The molecule has 3 aromatic rings. The Morgan fingerprint density at radius 3 is 2.27 bits per heavy atom. The minimum atomic E-state index is 0.553. The van der Waals surface area contributed by atoms with Crippen molar-refractivity contribution in [3.63, 3.8) is 0 Å². The van der Waals surface area contributed by atoms with Crippen LogP contribution >= 0.6 is 0 Å². The highest BCUT2D eigenvalue weighted by Gasteiger charge is 2.11. The fraction of sp³-hybridized carbons (Fsp3) is 0.318. The van der Waals surface area contributed by atoms with Gasteiger partial charge in [0.1, 0.15) is 0 Å². The Kier molecular flexibility index (Phi) is 6.18. The Morgan fingerprint density at radius 1 is 0.962 bits per heavy atom. The molecule has 4 heteroatoms. The Labute approximate surface area is 155 Å². The molecule has 1 radical (unpaired) electrons. The molecule has 0 saturated heterocycles. The lowest BCUT2D eigenvalue weighted by Crippen LogP contribution is -2.13. The van der Waals surface area contributed by atoms with E-state index in [9.17, 15) is 0 Å². The van der Waals surface area contributed by atoms with Gasteiger partial charge in [0.2, 0.25) is 5.82 Å². The quantitative estimate of drug-likeness (QED) is 0.587. The molecule has 0 saturated carbocycles. The molecule has 3 rings (SSSR count). The SMILES string of the molecule is [CH2]CCNCc1ccc(-c2noc(-c3ccc(CC(C)C)cc3)n2)cc1. The Bertz CT molecular complexity index is 804. The average molecular weight is 348 g/mol. The van der Waals surface area contributed by atoms with Crippen molar-refractivity contribution in [1.82, 2.24) is 15.5 Å². The van der Waals surface area contributed by atoms with Gasteiger partial charge in [-0.1, -0.05) is 62.3 Å². The molecular weight excluding hydrogens is 322 g/mol. The van der Waals surface area contributed by atoms with Crippen LogP contribution in [0.3, 0.4) is 0 Å². The maximum absolute atomic E-state index is 5.46. The predicted molar refractivity (Wildman–Crippen MR) is 105 cm³/mol. The van der Waals surface area contributed by atoms with Crippen molar-refractivity contribution >= 4 is 0 Å². The van der Waals surface area contributed by atoms with Crippen LogP contribution in [0.25, 0.3) is 22.8 Å². The first-order chi connectivity index (χ1) is 12.7. The molecule has 0 atom stereocenters. The molecule has 0 fully saturated rings. The lowest BCUT2D eigenvalue weighted by Gasteiger charge is -2.04. The number of hydrogen-bond acceptors (Lipinski definition) is 4. The zero-order valence-electron chi connectivity index (χ0n) is 15.5. The summed E-state index contributed by atoms with van der Waals surface area (Å²) in [6, 6.07) is 16.6. The molecule has 0 bridgehead atoms. The van der Waals surface area contributed by atoms with Crippen molar-refractivity contribution in [2.75, 3.05) is 6.54 Å². The van der Waals surface area contributed by atoms with E-state index < -0.39 is 0 Å². The van der Waals surface area contributed by atoms with Gasteiger partial charge >= 0.3 is 0 Å². The van der Waals surface area contributed by atoms with Crippen LogP contribution < -0.4 is 5.32 Å². The number of aromatic nitrogens is 2. The fourth-order valence-corrected chi connectivity index (χ4v) is 2.84. The lowest BCUT2D eigenvalue weighted by molar-refractivity contribution is 0.432. The van der Waals surface area contributed by atoms with Crippen LogP contribution in [0, 0.1) is 12.8 Å². The van der Waals surface area contributed by atoms with E-state index in [-0.39, 0.29) is 0 Å². The van der Waals surface area contributed by atoms with Crippen molar-refractivity contribution in [3.8, 4) is 22.8 Å². The highest BCUT2D eigenvalue weighted by atomic mass is 16.5. The maximum atomic E-state index is 5.46. The van der Waals surface area contributed by atoms with Gasteiger partial charge in [-0.3, -0.25) is 0 Å². The summed E-state index contributed by atoms with van der Waals surface area (Å²) >= 11 is 0. The van der Waals surface area contributed by atoms with Crippen LogP contribution in [-0.4, -0.2) is 16.7 Å². The highest BCUT2D eigenvalue weighted by molar-refractivity contribution is 5.60. The average Bonchev–Trinajstić information content (AvgIpc) is 3.13. The van der Waals surface area contributed by atoms with Crippen LogP contribution in [0.2, 0.25) is 0 Å². The monoisotopic (exact) mass is 348 g/mol. The normalized spacial score (nSPS) is 11.2. The van der Waals surface area contributed by atoms with Gasteiger partial charge in [0.25, 0.3) is 5.89 Å². The number of benzene rings is 2. The van der Waals surface area contributed by atoms with E-state index in [0.717, 1.165) is 37.1 Å². The van der Waals surface area contributed by atoms with E-state index in [1.165, 1.54) is 11.1 Å². The van der Waals surface area contributed by atoms with Gasteiger partial charge in [0.05, 0.1) is 0 Å². The summed E-state index contributed by atoms with van der Waals surface area (Å²) in [6.45, 7) is 10.0. The van der Waals surface area contributed by atoms with Gasteiger partial charge in [-0.25, -0.2) is 0 Å². The van der Waals surface area contributed by atoms with E-state index >= 15 is 0 Å². The van der Waals surface area contributed by atoms with Crippen molar-refractivity contribution in [2.45, 2.75) is 33.2 Å². The van der Waals surface area contributed by atoms with Crippen LogP contribution in [0.5, 0.6) is 0 Å². The predicted octanol–water partition coefficient (Wildman–Crippen LogP) is 4.92. The zero-order valence-corrected chi connectivity index (χ0v) is 15.5.